The predicted molar refractivity (Wildman–Crippen MR) is 69.7 cm³/mol. The molecule has 0 aromatic heterocycles. The van der Waals surface area contributed by atoms with E-state index in [1.807, 2.05) is 6.92 Å². The standard InChI is InChI=1S/C15H25NO2/c1-15(8-16,14(17)18-2)13-11-4-9-3-10(6-11)7-12(13)5-9/h9-13H,3-8,16H2,1-2H3. The van der Waals surface area contributed by atoms with Crippen LogP contribution in [-0.2, 0) is 9.53 Å². The highest BCUT2D eigenvalue weighted by Gasteiger charge is 2.56. The van der Waals surface area contributed by atoms with E-state index < -0.39 is 5.41 Å². The zero-order valence-electron chi connectivity index (χ0n) is 11.5. The molecule has 4 bridgehead atoms. The minimum atomic E-state index is -0.461. The second-order valence-corrected chi connectivity index (χ2v) is 7.07. The first kappa shape index (κ1) is 12.5. The molecule has 1 unspecified atom stereocenters. The van der Waals surface area contributed by atoms with Crippen LogP contribution in [0.3, 0.4) is 0 Å². The van der Waals surface area contributed by atoms with Crippen molar-refractivity contribution in [3.05, 3.63) is 0 Å². The maximum Gasteiger partial charge on any atom is 0.313 e. The number of hydrogen-bond donors (Lipinski definition) is 1. The molecule has 2 N–H and O–H groups in total. The number of nitrogens with two attached hydrogens (primary N) is 1. The summed E-state index contributed by atoms with van der Waals surface area (Å²) in [6.45, 7) is 2.46. The second-order valence-electron chi connectivity index (χ2n) is 7.07. The molecule has 0 aromatic carbocycles. The first-order chi connectivity index (χ1) is 8.58. The molecule has 4 saturated carbocycles. The van der Waals surface area contributed by atoms with Crippen LogP contribution in [0.1, 0.15) is 39.0 Å². The normalized spacial score (nSPS) is 44.7. The lowest BCUT2D eigenvalue weighted by atomic mass is 9.47. The minimum absolute atomic E-state index is 0.0949. The van der Waals surface area contributed by atoms with Gasteiger partial charge in [-0.2, -0.15) is 0 Å². The smallest absolute Gasteiger partial charge is 0.313 e. The highest BCUT2D eigenvalue weighted by molar-refractivity contribution is 5.77. The number of carbonyl (C=O) groups excluding carboxylic acids is 1. The van der Waals surface area contributed by atoms with Crippen molar-refractivity contribution in [3.63, 3.8) is 0 Å². The summed E-state index contributed by atoms with van der Waals surface area (Å²) in [6, 6.07) is 0. The van der Waals surface area contributed by atoms with Crippen molar-refractivity contribution < 1.29 is 9.53 Å². The van der Waals surface area contributed by atoms with Gasteiger partial charge in [0.1, 0.15) is 0 Å². The summed E-state index contributed by atoms with van der Waals surface area (Å²) in [4.78, 5) is 12.2. The fourth-order valence-corrected chi connectivity index (χ4v) is 5.55. The molecule has 3 nitrogen and oxygen atoms in total. The summed E-state index contributed by atoms with van der Waals surface area (Å²) in [7, 11) is 1.49. The Morgan fingerprint density at radius 2 is 1.67 bits per heavy atom. The van der Waals surface area contributed by atoms with Gasteiger partial charge in [-0.05, 0) is 68.6 Å². The lowest BCUT2D eigenvalue weighted by Gasteiger charge is -2.58. The zero-order chi connectivity index (χ0) is 12.9. The fourth-order valence-electron chi connectivity index (χ4n) is 5.55. The van der Waals surface area contributed by atoms with E-state index in [-0.39, 0.29) is 5.97 Å². The summed E-state index contributed by atoms with van der Waals surface area (Å²) in [6.07, 6.45) is 6.74. The van der Waals surface area contributed by atoms with Crippen LogP contribution in [0.25, 0.3) is 0 Å². The van der Waals surface area contributed by atoms with Gasteiger partial charge in [-0.15, -0.1) is 0 Å². The zero-order valence-corrected chi connectivity index (χ0v) is 11.5. The highest BCUT2D eigenvalue weighted by Crippen LogP contribution is 2.60. The third-order valence-corrected chi connectivity index (χ3v) is 6.04. The Morgan fingerprint density at radius 1 is 1.17 bits per heavy atom. The van der Waals surface area contributed by atoms with Gasteiger partial charge in [-0.1, -0.05) is 0 Å². The van der Waals surface area contributed by atoms with Crippen molar-refractivity contribution in [2.45, 2.75) is 39.0 Å². The van der Waals surface area contributed by atoms with Gasteiger partial charge >= 0.3 is 5.97 Å². The molecule has 4 fully saturated rings. The largest absolute Gasteiger partial charge is 0.469 e. The van der Waals surface area contributed by atoms with Crippen LogP contribution in [0.4, 0.5) is 0 Å². The molecule has 0 heterocycles. The Balaban J connectivity index is 1.89. The predicted octanol–water partition coefficient (Wildman–Crippen LogP) is 2.20. The maximum absolute atomic E-state index is 12.2. The van der Waals surface area contributed by atoms with E-state index in [2.05, 4.69) is 0 Å². The number of ether oxygens (including phenoxy) is 1. The van der Waals surface area contributed by atoms with Gasteiger partial charge < -0.3 is 10.5 Å². The van der Waals surface area contributed by atoms with Crippen LogP contribution >= 0.6 is 0 Å². The maximum atomic E-state index is 12.2. The van der Waals surface area contributed by atoms with Gasteiger partial charge in [0.2, 0.25) is 0 Å². The summed E-state index contributed by atoms with van der Waals surface area (Å²) in [5.41, 5.74) is 5.50. The Morgan fingerprint density at radius 3 is 2.06 bits per heavy atom. The molecule has 4 aliphatic rings. The van der Waals surface area contributed by atoms with Crippen molar-refractivity contribution in [2.24, 2.45) is 40.7 Å². The average Bonchev–Trinajstić information content (AvgIpc) is 2.36. The molecule has 4 aliphatic carbocycles. The lowest BCUT2D eigenvalue weighted by molar-refractivity contribution is -0.166. The van der Waals surface area contributed by atoms with Gasteiger partial charge in [0.25, 0.3) is 0 Å². The molecule has 0 amide bonds. The quantitative estimate of drug-likeness (QED) is 0.782. The molecule has 0 aromatic rings. The van der Waals surface area contributed by atoms with Crippen molar-refractivity contribution >= 4 is 5.97 Å². The van der Waals surface area contributed by atoms with Crippen LogP contribution in [0.5, 0.6) is 0 Å². The van der Waals surface area contributed by atoms with Crippen molar-refractivity contribution in [3.8, 4) is 0 Å². The average molecular weight is 251 g/mol. The van der Waals surface area contributed by atoms with E-state index in [4.69, 9.17) is 10.5 Å². The number of rotatable bonds is 3. The van der Waals surface area contributed by atoms with Crippen LogP contribution in [0.15, 0.2) is 0 Å². The number of hydrogen-bond acceptors (Lipinski definition) is 3. The van der Waals surface area contributed by atoms with E-state index >= 15 is 0 Å². The van der Waals surface area contributed by atoms with E-state index in [9.17, 15) is 4.79 Å². The lowest BCUT2D eigenvalue weighted by Crippen LogP contribution is -2.56. The summed E-state index contributed by atoms with van der Waals surface area (Å²) < 4.78 is 5.04. The van der Waals surface area contributed by atoms with Crippen LogP contribution in [0, 0.1) is 35.0 Å². The Hall–Kier alpha value is -0.570. The Bertz CT molecular complexity index is 326. The van der Waals surface area contributed by atoms with Gasteiger partial charge in [-0.3, -0.25) is 4.79 Å². The number of esters is 1. The second kappa shape index (κ2) is 4.22. The molecule has 0 spiro atoms. The summed E-state index contributed by atoms with van der Waals surface area (Å²) >= 11 is 0. The minimum Gasteiger partial charge on any atom is -0.469 e. The molecular formula is C15H25NO2. The van der Waals surface area contributed by atoms with E-state index in [1.165, 1.54) is 39.2 Å². The fraction of sp³-hybridized carbons (Fsp3) is 0.933. The van der Waals surface area contributed by atoms with Crippen molar-refractivity contribution in [1.82, 2.24) is 0 Å². The molecule has 0 radical (unpaired) electrons. The van der Waals surface area contributed by atoms with E-state index in [0.29, 0.717) is 24.3 Å². The molecule has 4 rings (SSSR count). The SMILES string of the molecule is COC(=O)C(C)(CN)C1C2CC3CC(C2)CC1C3. The topological polar surface area (TPSA) is 52.3 Å². The third kappa shape index (κ3) is 1.63. The third-order valence-electron chi connectivity index (χ3n) is 6.04. The number of carbonyl (C=O) groups is 1. The monoisotopic (exact) mass is 251 g/mol. The molecule has 1 atom stereocenters. The molecule has 102 valence electrons. The summed E-state index contributed by atoms with van der Waals surface area (Å²) in [5, 5.41) is 0. The first-order valence-electron chi connectivity index (χ1n) is 7.37. The Kier molecular flexibility index (Phi) is 2.92. The van der Waals surface area contributed by atoms with Crippen molar-refractivity contribution in [1.29, 1.82) is 0 Å². The van der Waals surface area contributed by atoms with Gasteiger partial charge in [0.05, 0.1) is 12.5 Å². The summed E-state index contributed by atoms with van der Waals surface area (Å²) in [5.74, 6) is 3.67. The van der Waals surface area contributed by atoms with Crippen LogP contribution in [0.2, 0.25) is 0 Å². The highest BCUT2D eigenvalue weighted by atomic mass is 16.5. The first-order valence-corrected chi connectivity index (χ1v) is 7.37. The molecule has 0 saturated heterocycles. The molecular weight excluding hydrogens is 226 g/mol. The number of methoxy groups -OCH3 is 1. The van der Waals surface area contributed by atoms with Crippen molar-refractivity contribution in [2.75, 3.05) is 13.7 Å². The molecule has 18 heavy (non-hydrogen) atoms. The van der Waals surface area contributed by atoms with Gasteiger partial charge in [0.15, 0.2) is 0 Å². The van der Waals surface area contributed by atoms with Gasteiger partial charge in [-0.25, -0.2) is 0 Å². The van der Waals surface area contributed by atoms with Gasteiger partial charge in [0, 0.05) is 6.54 Å². The van der Waals surface area contributed by atoms with E-state index in [1.54, 1.807) is 0 Å². The Labute approximate surface area is 109 Å². The van der Waals surface area contributed by atoms with Crippen LogP contribution < -0.4 is 5.73 Å². The van der Waals surface area contributed by atoms with E-state index in [0.717, 1.165) is 11.8 Å². The van der Waals surface area contributed by atoms with Crippen LogP contribution in [-0.4, -0.2) is 19.6 Å². The molecule has 0 aliphatic heterocycles. The molecule has 3 heteroatoms.